The van der Waals surface area contributed by atoms with E-state index in [2.05, 4.69) is 139 Å². The van der Waals surface area contributed by atoms with Crippen LogP contribution in [0, 0.1) is 27.7 Å². The van der Waals surface area contributed by atoms with Crippen LogP contribution in [0.25, 0.3) is 44.8 Å². The maximum Gasteiger partial charge on any atom is 0.267 e. The van der Waals surface area contributed by atoms with Crippen LogP contribution in [0.4, 0.5) is 0 Å². The van der Waals surface area contributed by atoms with E-state index in [0.29, 0.717) is 0 Å². The van der Waals surface area contributed by atoms with Gasteiger partial charge < -0.3 is 4.57 Å². The highest BCUT2D eigenvalue weighted by Gasteiger charge is 2.30. The molecule has 0 saturated heterocycles. The lowest BCUT2D eigenvalue weighted by Gasteiger charge is -2.10. The molecule has 0 radical (unpaired) electrons. The quantitative estimate of drug-likeness (QED) is 0.264. The molecule has 174 valence electrons. The summed E-state index contributed by atoms with van der Waals surface area (Å²) >= 11 is 0. The van der Waals surface area contributed by atoms with Gasteiger partial charge in [0.15, 0.2) is 5.65 Å². The molecule has 0 aliphatic carbocycles. The first-order chi connectivity index (χ1) is 16.9. The van der Waals surface area contributed by atoms with Crippen molar-refractivity contribution < 1.29 is 4.57 Å². The lowest BCUT2D eigenvalue weighted by Crippen LogP contribution is -2.34. The zero-order valence-corrected chi connectivity index (χ0v) is 21.3. The molecule has 6 aromatic rings. The van der Waals surface area contributed by atoms with Crippen molar-refractivity contribution in [1.82, 2.24) is 13.7 Å². The predicted octanol–water partition coefficient (Wildman–Crippen LogP) is 6.64. The SMILES string of the molecule is Cc1cccc(C)c1-n1cc(-n2c(C)c(C)c3c4ccccc4n(C)c32)[n+](C)c1-c1ccccc1. The van der Waals surface area contributed by atoms with Gasteiger partial charge in [-0.25, -0.2) is 13.7 Å². The molecule has 0 atom stereocenters. The van der Waals surface area contributed by atoms with Gasteiger partial charge in [-0.3, -0.25) is 0 Å². The van der Waals surface area contributed by atoms with E-state index in [1.165, 1.54) is 55.6 Å². The average Bonchev–Trinajstić information content (AvgIpc) is 3.43. The zero-order chi connectivity index (χ0) is 24.4. The van der Waals surface area contributed by atoms with E-state index in [-0.39, 0.29) is 0 Å². The average molecular weight is 460 g/mol. The van der Waals surface area contributed by atoms with Gasteiger partial charge in [-0.05, 0) is 62.6 Å². The van der Waals surface area contributed by atoms with Gasteiger partial charge in [-0.2, -0.15) is 0 Å². The summed E-state index contributed by atoms with van der Waals surface area (Å²) in [5.41, 5.74) is 10.0. The highest BCUT2D eigenvalue weighted by molar-refractivity contribution is 6.09. The first-order valence-electron chi connectivity index (χ1n) is 12.2. The van der Waals surface area contributed by atoms with E-state index in [9.17, 15) is 0 Å². The Hall–Kier alpha value is -4.05. The lowest BCUT2D eigenvalue weighted by molar-refractivity contribution is -0.653. The van der Waals surface area contributed by atoms with Crippen molar-refractivity contribution in [2.75, 3.05) is 0 Å². The molecule has 0 saturated carbocycles. The fourth-order valence-corrected chi connectivity index (χ4v) is 5.82. The lowest BCUT2D eigenvalue weighted by atomic mass is 10.1. The Bertz CT molecular complexity index is 1720. The largest absolute Gasteiger partial charge is 0.317 e. The molecule has 3 heterocycles. The Kier molecular flexibility index (Phi) is 4.75. The molecule has 0 aliphatic rings. The third kappa shape index (κ3) is 2.96. The minimum absolute atomic E-state index is 1.15. The van der Waals surface area contributed by atoms with E-state index in [4.69, 9.17) is 0 Å². The molecule has 4 heteroatoms. The van der Waals surface area contributed by atoms with Crippen molar-refractivity contribution in [1.29, 1.82) is 0 Å². The van der Waals surface area contributed by atoms with E-state index in [0.717, 1.165) is 11.6 Å². The summed E-state index contributed by atoms with van der Waals surface area (Å²) in [5.74, 6) is 2.31. The molecule has 3 aromatic carbocycles. The second kappa shape index (κ2) is 7.74. The van der Waals surface area contributed by atoms with Crippen molar-refractivity contribution in [2.24, 2.45) is 14.1 Å². The van der Waals surface area contributed by atoms with Crippen molar-refractivity contribution in [2.45, 2.75) is 27.7 Å². The fourth-order valence-electron chi connectivity index (χ4n) is 5.82. The van der Waals surface area contributed by atoms with Crippen molar-refractivity contribution in [3.63, 3.8) is 0 Å². The molecule has 0 bridgehead atoms. The summed E-state index contributed by atoms with van der Waals surface area (Å²) in [6.45, 7) is 8.89. The van der Waals surface area contributed by atoms with Gasteiger partial charge in [0.2, 0.25) is 5.82 Å². The van der Waals surface area contributed by atoms with Gasteiger partial charge in [0.05, 0.1) is 18.3 Å². The Morgan fingerprint density at radius 1 is 0.743 bits per heavy atom. The van der Waals surface area contributed by atoms with Crippen molar-refractivity contribution in [3.8, 4) is 22.9 Å². The van der Waals surface area contributed by atoms with Gasteiger partial charge in [0, 0.05) is 23.4 Å². The molecule has 0 aliphatic heterocycles. The van der Waals surface area contributed by atoms with E-state index >= 15 is 0 Å². The molecule has 6 rings (SSSR count). The van der Waals surface area contributed by atoms with Crippen LogP contribution in [-0.2, 0) is 14.1 Å². The Labute approximate surface area is 206 Å². The Morgan fingerprint density at radius 3 is 2.11 bits per heavy atom. The van der Waals surface area contributed by atoms with Gasteiger partial charge in [0.25, 0.3) is 5.82 Å². The number of aromatic nitrogens is 4. The van der Waals surface area contributed by atoms with Crippen LogP contribution >= 0.6 is 0 Å². The van der Waals surface area contributed by atoms with Gasteiger partial charge in [0.1, 0.15) is 11.9 Å². The number of aryl methyl sites for hydroxylation is 4. The summed E-state index contributed by atoms with van der Waals surface area (Å²) in [7, 11) is 4.37. The molecular weight excluding hydrogens is 428 g/mol. The number of hydrogen-bond donors (Lipinski definition) is 0. The number of rotatable bonds is 3. The van der Waals surface area contributed by atoms with E-state index in [1.807, 2.05) is 0 Å². The number of para-hydroxylation sites is 2. The predicted molar refractivity (Wildman–Crippen MR) is 145 cm³/mol. The molecule has 0 amide bonds. The third-order valence-electron chi connectivity index (χ3n) is 7.62. The molecule has 4 nitrogen and oxygen atoms in total. The summed E-state index contributed by atoms with van der Waals surface area (Å²) < 4.78 is 9.48. The highest BCUT2D eigenvalue weighted by atomic mass is 15.3. The van der Waals surface area contributed by atoms with Crippen molar-refractivity contribution in [3.05, 3.63) is 101 Å². The van der Waals surface area contributed by atoms with Crippen LogP contribution in [0.1, 0.15) is 22.4 Å². The Morgan fingerprint density at radius 2 is 1.40 bits per heavy atom. The number of nitrogens with zero attached hydrogens (tertiary/aromatic N) is 4. The van der Waals surface area contributed by atoms with Crippen LogP contribution < -0.4 is 4.57 Å². The van der Waals surface area contributed by atoms with Gasteiger partial charge in [-0.1, -0.05) is 54.6 Å². The number of benzene rings is 3. The maximum atomic E-state index is 2.43. The first kappa shape index (κ1) is 21.5. The fraction of sp³-hybridized carbons (Fsp3) is 0.194. The molecule has 0 N–H and O–H groups in total. The van der Waals surface area contributed by atoms with Crippen LogP contribution in [0.3, 0.4) is 0 Å². The monoisotopic (exact) mass is 459 g/mol. The number of hydrogen-bond acceptors (Lipinski definition) is 0. The second-order valence-electron chi connectivity index (χ2n) is 9.67. The van der Waals surface area contributed by atoms with Crippen LogP contribution in [-0.4, -0.2) is 13.7 Å². The molecular formula is C31H31N4+. The summed E-state index contributed by atoms with van der Waals surface area (Å²) in [4.78, 5) is 0. The highest BCUT2D eigenvalue weighted by Crippen LogP contribution is 2.36. The zero-order valence-electron chi connectivity index (χ0n) is 21.3. The smallest absolute Gasteiger partial charge is 0.267 e. The van der Waals surface area contributed by atoms with E-state index in [1.54, 1.807) is 0 Å². The van der Waals surface area contributed by atoms with Crippen LogP contribution in [0.15, 0.2) is 79.0 Å². The Balaban J connectivity index is 1.75. The first-order valence-corrected chi connectivity index (χ1v) is 12.2. The molecule has 35 heavy (non-hydrogen) atoms. The van der Waals surface area contributed by atoms with Crippen molar-refractivity contribution >= 4 is 21.9 Å². The molecule has 0 fully saturated rings. The topological polar surface area (TPSA) is 18.7 Å². The summed E-state index contributed by atoms with van der Waals surface area (Å²) in [6, 6.07) is 26.0. The normalized spacial score (nSPS) is 11.7. The summed E-state index contributed by atoms with van der Waals surface area (Å²) in [5, 5.41) is 2.64. The number of fused-ring (bicyclic) bond motifs is 3. The standard InChI is InChI=1S/C31H31N4/c1-20-13-12-14-21(2)29(20)34-19-27(33(6)30(34)24-15-8-7-9-16-24)35-23(4)22(3)28-25-17-10-11-18-26(25)32(5)31(28)35/h7-19H,1-6H3/q+1. The van der Waals surface area contributed by atoms with Crippen LogP contribution in [0.5, 0.6) is 0 Å². The minimum atomic E-state index is 1.15. The van der Waals surface area contributed by atoms with Crippen LogP contribution in [0.2, 0.25) is 0 Å². The van der Waals surface area contributed by atoms with Gasteiger partial charge >= 0.3 is 0 Å². The maximum absolute atomic E-state index is 2.43. The minimum Gasteiger partial charge on any atom is -0.317 e. The molecule has 0 spiro atoms. The molecule has 3 aromatic heterocycles. The second-order valence-corrected chi connectivity index (χ2v) is 9.67. The molecule has 0 unspecified atom stereocenters. The summed E-state index contributed by atoms with van der Waals surface area (Å²) in [6.07, 6.45) is 2.31. The van der Waals surface area contributed by atoms with Gasteiger partial charge in [-0.15, -0.1) is 0 Å². The third-order valence-corrected chi connectivity index (χ3v) is 7.62. The number of imidazole rings is 1. The van der Waals surface area contributed by atoms with E-state index < -0.39 is 0 Å².